The molecular weight excluding hydrogens is 286 g/mol. The van der Waals surface area contributed by atoms with Crippen molar-refractivity contribution in [1.29, 1.82) is 0 Å². The Balaban J connectivity index is 2.61. The predicted molar refractivity (Wildman–Crippen MR) is 56.2 cm³/mol. The predicted octanol–water partition coefficient (Wildman–Crippen LogP) is 1.55. The lowest BCUT2D eigenvalue weighted by atomic mass is 10.2. The highest BCUT2D eigenvalue weighted by atomic mass is 79.9. The Kier molecular flexibility index (Phi) is 4.34. The van der Waals surface area contributed by atoms with Gasteiger partial charge in [-0.05, 0) is 17.7 Å². The summed E-state index contributed by atoms with van der Waals surface area (Å²) in [7, 11) is 0. The van der Waals surface area contributed by atoms with Crippen LogP contribution in [0.1, 0.15) is 5.56 Å². The van der Waals surface area contributed by atoms with E-state index in [1.807, 2.05) is 0 Å². The van der Waals surface area contributed by atoms with Gasteiger partial charge in [0.05, 0.1) is 6.61 Å². The highest BCUT2D eigenvalue weighted by Gasteiger charge is 2.39. The first-order valence-electron chi connectivity index (χ1n) is 4.23. The molecule has 0 fully saturated rings. The third-order valence-electron chi connectivity index (χ3n) is 1.70. The lowest BCUT2D eigenvalue weighted by Gasteiger charge is -2.14. The zero-order valence-electron chi connectivity index (χ0n) is 8.04. The summed E-state index contributed by atoms with van der Waals surface area (Å²) in [4.78, 5) is 10.6. The molecule has 1 aromatic rings. The van der Waals surface area contributed by atoms with Gasteiger partial charge in [0.1, 0.15) is 0 Å². The molecule has 0 aliphatic rings. The van der Waals surface area contributed by atoms with Crippen LogP contribution >= 0.6 is 15.9 Å². The monoisotopic (exact) mass is 294 g/mol. The van der Waals surface area contributed by atoms with E-state index in [0.29, 0.717) is 5.56 Å². The summed E-state index contributed by atoms with van der Waals surface area (Å²) in [6.45, 7) is -0.389. The van der Waals surface area contributed by atoms with Crippen molar-refractivity contribution in [2.45, 2.75) is 12.7 Å². The van der Waals surface area contributed by atoms with Crippen LogP contribution in [0.5, 0.6) is 0 Å². The Hall–Kier alpha value is -1.05. The second-order valence-corrected chi connectivity index (χ2v) is 3.82. The molecule has 1 aromatic carbocycles. The number of amides is 1. The maximum Gasteiger partial charge on any atom is 0.438 e. The van der Waals surface area contributed by atoms with Crippen LogP contribution < -0.4 is 11.3 Å². The number of ether oxygens (including phenoxy) is 1. The largest absolute Gasteiger partial charge is 0.438 e. The van der Waals surface area contributed by atoms with Crippen molar-refractivity contribution in [3.63, 3.8) is 0 Å². The van der Waals surface area contributed by atoms with Crippen molar-refractivity contribution in [3.05, 3.63) is 34.3 Å². The highest BCUT2D eigenvalue weighted by molar-refractivity contribution is 9.10. The number of alkyl halides is 2. The van der Waals surface area contributed by atoms with Crippen LogP contribution in [0.4, 0.5) is 8.78 Å². The Bertz CT molecular complexity index is 388. The van der Waals surface area contributed by atoms with Crippen LogP contribution in [-0.2, 0) is 16.1 Å². The molecule has 0 unspecified atom stereocenters. The SMILES string of the molecule is NNC(=O)C(F)(F)OCc1cccc(Br)c1. The first-order valence-corrected chi connectivity index (χ1v) is 5.02. The minimum absolute atomic E-state index is 0.389. The van der Waals surface area contributed by atoms with Gasteiger partial charge in [-0.3, -0.25) is 10.2 Å². The lowest BCUT2D eigenvalue weighted by Crippen LogP contribution is -2.45. The molecule has 1 amide bonds. The average molecular weight is 295 g/mol. The van der Waals surface area contributed by atoms with Crippen LogP contribution in [0.25, 0.3) is 0 Å². The van der Waals surface area contributed by atoms with E-state index >= 15 is 0 Å². The van der Waals surface area contributed by atoms with Gasteiger partial charge >= 0.3 is 12.0 Å². The van der Waals surface area contributed by atoms with Gasteiger partial charge in [-0.15, -0.1) is 0 Å². The van der Waals surface area contributed by atoms with Crippen LogP contribution in [0.15, 0.2) is 28.7 Å². The molecule has 0 aromatic heterocycles. The number of benzene rings is 1. The Morgan fingerprint density at radius 1 is 1.56 bits per heavy atom. The third kappa shape index (κ3) is 3.51. The summed E-state index contributed by atoms with van der Waals surface area (Å²) in [6.07, 6.45) is -3.93. The number of hydrogen-bond donors (Lipinski definition) is 2. The van der Waals surface area contributed by atoms with E-state index in [1.165, 1.54) is 5.43 Å². The summed E-state index contributed by atoms with van der Waals surface area (Å²) in [5.41, 5.74) is 1.84. The smallest absolute Gasteiger partial charge is 0.308 e. The van der Waals surface area contributed by atoms with Gasteiger partial charge in [0.15, 0.2) is 0 Å². The molecule has 1 rings (SSSR count). The van der Waals surface area contributed by atoms with Crippen LogP contribution in [0.3, 0.4) is 0 Å². The fourth-order valence-electron chi connectivity index (χ4n) is 0.950. The van der Waals surface area contributed by atoms with Gasteiger partial charge in [-0.25, -0.2) is 5.84 Å². The summed E-state index contributed by atoms with van der Waals surface area (Å²) in [6, 6.07) is 6.62. The zero-order valence-corrected chi connectivity index (χ0v) is 9.63. The van der Waals surface area contributed by atoms with Crippen LogP contribution in [0, 0.1) is 0 Å². The van der Waals surface area contributed by atoms with Gasteiger partial charge in [0.25, 0.3) is 0 Å². The highest BCUT2D eigenvalue weighted by Crippen LogP contribution is 2.19. The van der Waals surface area contributed by atoms with E-state index in [4.69, 9.17) is 0 Å². The van der Waals surface area contributed by atoms with E-state index in [9.17, 15) is 13.6 Å². The van der Waals surface area contributed by atoms with Crippen molar-refractivity contribution in [1.82, 2.24) is 5.43 Å². The Morgan fingerprint density at radius 2 is 2.25 bits per heavy atom. The summed E-state index contributed by atoms with van der Waals surface area (Å²) in [5.74, 6) is 2.91. The molecule has 0 radical (unpaired) electrons. The second kappa shape index (κ2) is 5.33. The molecule has 0 spiro atoms. The summed E-state index contributed by atoms with van der Waals surface area (Å²) < 4.78 is 30.7. The number of carbonyl (C=O) groups excluding carboxylic acids is 1. The molecule has 0 saturated carbocycles. The van der Waals surface area contributed by atoms with Gasteiger partial charge in [-0.2, -0.15) is 8.78 Å². The van der Waals surface area contributed by atoms with Crippen molar-refractivity contribution < 1.29 is 18.3 Å². The van der Waals surface area contributed by atoms with Gasteiger partial charge in [-0.1, -0.05) is 28.1 Å². The van der Waals surface area contributed by atoms with Crippen molar-refractivity contribution >= 4 is 21.8 Å². The molecule has 0 aliphatic carbocycles. The quantitative estimate of drug-likeness (QED) is 0.503. The number of hydrogen-bond acceptors (Lipinski definition) is 3. The maximum absolute atomic E-state index is 12.9. The van der Waals surface area contributed by atoms with E-state index < -0.39 is 12.0 Å². The van der Waals surface area contributed by atoms with Gasteiger partial charge in [0.2, 0.25) is 0 Å². The molecule has 7 heteroatoms. The molecule has 16 heavy (non-hydrogen) atoms. The summed E-state index contributed by atoms with van der Waals surface area (Å²) >= 11 is 3.18. The fraction of sp³-hybridized carbons (Fsp3) is 0.222. The maximum atomic E-state index is 12.9. The Morgan fingerprint density at radius 3 is 2.81 bits per heavy atom. The summed E-state index contributed by atoms with van der Waals surface area (Å²) in [5, 5.41) is 0. The standard InChI is InChI=1S/C9H9BrF2N2O2/c10-7-3-1-2-6(4-7)5-16-9(11,12)8(15)14-13/h1-4H,5,13H2,(H,14,15). The van der Waals surface area contributed by atoms with Crippen LogP contribution in [-0.4, -0.2) is 12.0 Å². The number of hydrazine groups is 1. The van der Waals surface area contributed by atoms with E-state index in [-0.39, 0.29) is 6.61 Å². The van der Waals surface area contributed by atoms with E-state index in [1.54, 1.807) is 24.3 Å². The number of nitrogens with two attached hydrogens (primary N) is 1. The fourth-order valence-corrected chi connectivity index (χ4v) is 1.40. The van der Waals surface area contributed by atoms with E-state index in [0.717, 1.165) is 4.47 Å². The molecule has 0 atom stereocenters. The molecule has 88 valence electrons. The van der Waals surface area contributed by atoms with Gasteiger partial charge < -0.3 is 4.74 Å². The minimum atomic E-state index is -3.93. The van der Waals surface area contributed by atoms with Gasteiger partial charge in [0, 0.05) is 4.47 Å². The normalized spacial score (nSPS) is 11.2. The first kappa shape index (κ1) is 13.0. The number of nitrogens with one attached hydrogen (secondary N) is 1. The average Bonchev–Trinajstić information content (AvgIpc) is 2.25. The topological polar surface area (TPSA) is 64.3 Å². The zero-order chi connectivity index (χ0) is 12.2. The number of rotatable bonds is 4. The second-order valence-electron chi connectivity index (χ2n) is 2.91. The number of carbonyl (C=O) groups is 1. The van der Waals surface area contributed by atoms with Crippen molar-refractivity contribution in [3.8, 4) is 0 Å². The lowest BCUT2D eigenvalue weighted by molar-refractivity contribution is -0.236. The first-order chi connectivity index (χ1) is 7.45. The van der Waals surface area contributed by atoms with E-state index in [2.05, 4.69) is 26.5 Å². The molecule has 0 heterocycles. The molecular formula is C9H9BrF2N2O2. The minimum Gasteiger partial charge on any atom is -0.308 e. The molecule has 0 bridgehead atoms. The third-order valence-corrected chi connectivity index (χ3v) is 2.20. The Labute approximate surface area is 98.9 Å². The number of halogens is 3. The van der Waals surface area contributed by atoms with Crippen LogP contribution in [0.2, 0.25) is 0 Å². The molecule has 0 saturated heterocycles. The van der Waals surface area contributed by atoms with Crippen molar-refractivity contribution in [2.75, 3.05) is 0 Å². The van der Waals surface area contributed by atoms with Crippen molar-refractivity contribution in [2.24, 2.45) is 5.84 Å². The molecule has 0 aliphatic heterocycles. The molecule has 4 nitrogen and oxygen atoms in total. The molecule has 3 N–H and O–H groups in total.